The van der Waals surface area contributed by atoms with Gasteiger partial charge in [-0.3, -0.25) is 4.79 Å². The number of rotatable bonds is 4. The summed E-state index contributed by atoms with van der Waals surface area (Å²) in [4.78, 5) is 10.6. The van der Waals surface area contributed by atoms with Gasteiger partial charge in [0.2, 0.25) is 0 Å². The van der Waals surface area contributed by atoms with Crippen LogP contribution in [0.5, 0.6) is 0 Å². The Morgan fingerprint density at radius 1 is 1.36 bits per heavy atom. The van der Waals surface area contributed by atoms with Crippen LogP contribution in [0, 0.1) is 17.3 Å². The maximum Gasteiger partial charge on any atom is 0.303 e. The van der Waals surface area contributed by atoms with Crippen LogP contribution in [0.25, 0.3) is 0 Å². The van der Waals surface area contributed by atoms with E-state index in [0.717, 1.165) is 0 Å². The van der Waals surface area contributed by atoms with E-state index in [1.165, 1.54) is 0 Å². The minimum absolute atomic E-state index is 0.0737. The fraction of sp³-hybridized carbons (Fsp3) is 0.800. The molecule has 0 heterocycles. The zero-order valence-corrected chi connectivity index (χ0v) is 8.82. The minimum Gasteiger partial charge on any atom is -0.481 e. The van der Waals surface area contributed by atoms with E-state index in [9.17, 15) is 4.79 Å². The first kappa shape index (κ1) is 11.0. The number of carbonyl (C=O) groups is 1. The number of carboxylic acid groups (broad SMARTS) is 1. The second-order valence-electron chi connectivity index (χ2n) is 4.67. The highest BCUT2D eigenvalue weighted by molar-refractivity contribution is 5.82. The van der Waals surface area contributed by atoms with Crippen LogP contribution in [0.1, 0.15) is 33.6 Å². The molecule has 14 heavy (non-hydrogen) atoms. The molecular formula is C10H17NO3. The van der Waals surface area contributed by atoms with E-state index in [1.807, 2.05) is 0 Å². The summed E-state index contributed by atoms with van der Waals surface area (Å²) in [6, 6.07) is 0. The molecule has 0 amide bonds. The standard InChI is InChI=1S/C10H17NO3/c1-6(11-14)4-7-8(5-9(12)13)10(7,2)3/h7-8,14H,4-5H2,1-3H3,(H,12,13)/b11-6+. The Hall–Kier alpha value is -1.06. The van der Waals surface area contributed by atoms with Crippen LogP contribution in [0.4, 0.5) is 0 Å². The van der Waals surface area contributed by atoms with E-state index in [0.29, 0.717) is 18.1 Å². The van der Waals surface area contributed by atoms with E-state index in [1.54, 1.807) is 6.92 Å². The zero-order valence-electron chi connectivity index (χ0n) is 8.82. The molecule has 1 saturated carbocycles. The van der Waals surface area contributed by atoms with E-state index < -0.39 is 5.97 Å². The molecule has 0 radical (unpaired) electrons. The summed E-state index contributed by atoms with van der Waals surface area (Å²) < 4.78 is 0. The van der Waals surface area contributed by atoms with Crippen LogP contribution in [-0.4, -0.2) is 22.0 Å². The van der Waals surface area contributed by atoms with E-state index in [-0.39, 0.29) is 17.8 Å². The summed E-state index contributed by atoms with van der Waals surface area (Å²) in [5, 5.41) is 20.3. The van der Waals surface area contributed by atoms with Crippen LogP contribution in [0.2, 0.25) is 0 Å². The number of carboxylic acids is 1. The SMILES string of the molecule is C/C(CC1C(CC(=O)O)C1(C)C)=N\O. The number of hydrogen-bond donors (Lipinski definition) is 2. The monoisotopic (exact) mass is 199 g/mol. The molecule has 0 saturated heterocycles. The van der Waals surface area contributed by atoms with Gasteiger partial charge in [-0.15, -0.1) is 0 Å². The van der Waals surface area contributed by atoms with Crippen molar-refractivity contribution in [2.45, 2.75) is 33.6 Å². The van der Waals surface area contributed by atoms with Crippen molar-refractivity contribution in [3.63, 3.8) is 0 Å². The lowest BCUT2D eigenvalue weighted by Gasteiger charge is -2.00. The predicted molar refractivity (Wildman–Crippen MR) is 52.5 cm³/mol. The number of aliphatic carboxylic acids is 1. The summed E-state index contributed by atoms with van der Waals surface area (Å²) in [7, 11) is 0. The van der Waals surface area contributed by atoms with E-state index in [2.05, 4.69) is 19.0 Å². The van der Waals surface area contributed by atoms with Gasteiger partial charge in [0.25, 0.3) is 0 Å². The molecule has 4 heteroatoms. The van der Waals surface area contributed by atoms with Gasteiger partial charge >= 0.3 is 5.97 Å². The Morgan fingerprint density at radius 3 is 2.29 bits per heavy atom. The van der Waals surface area contributed by atoms with Crippen molar-refractivity contribution in [1.29, 1.82) is 0 Å². The van der Waals surface area contributed by atoms with Crippen LogP contribution in [0.3, 0.4) is 0 Å². The molecule has 1 aliphatic rings. The molecule has 0 spiro atoms. The first-order chi connectivity index (χ1) is 6.39. The zero-order chi connectivity index (χ0) is 10.9. The molecule has 0 aromatic heterocycles. The highest BCUT2D eigenvalue weighted by Crippen LogP contribution is 2.61. The quantitative estimate of drug-likeness (QED) is 0.413. The lowest BCUT2D eigenvalue weighted by molar-refractivity contribution is -0.137. The molecule has 0 aromatic rings. The lowest BCUT2D eigenvalue weighted by Crippen LogP contribution is -1.99. The summed E-state index contributed by atoms with van der Waals surface area (Å²) in [5.41, 5.74) is 0.751. The third-order valence-electron chi connectivity index (χ3n) is 3.37. The van der Waals surface area contributed by atoms with Crippen molar-refractivity contribution < 1.29 is 15.1 Å². The van der Waals surface area contributed by atoms with Gasteiger partial charge in [-0.1, -0.05) is 19.0 Å². The molecule has 2 unspecified atom stereocenters. The number of nitrogens with zero attached hydrogens (tertiary/aromatic N) is 1. The molecule has 0 bridgehead atoms. The van der Waals surface area contributed by atoms with Crippen molar-refractivity contribution in [1.82, 2.24) is 0 Å². The molecule has 0 aliphatic heterocycles. The molecule has 2 atom stereocenters. The predicted octanol–water partition coefficient (Wildman–Crippen LogP) is 1.97. The second-order valence-corrected chi connectivity index (χ2v) is 4.67. The van der Waals surface area contributed by atoms with Gasteiger partial charge in [-0.05, 0) is 30.6 Å². The molecule has 1 aliphatic carbocycles. The van der Waals surface area contributed by atoms with Gasteiger partial charge < -0.3 is 10.3 Å². The van der Waals surface area contributed by atoms with E-state index in [4.69, 9.17) is 10.3 Å². The molecule has 4 nitrogen and oxygen atoms in total. The van der Waals surface area contributed by atoms with Crippen molar-refractivity contribution in [2.24, 2.45) is 22.4 Å². The molecule has 80 valence electrons. The van der Waals surface area contributed by atoms with Crippen LogP contribution in [-0.2, 0) is 4.79 Å². The second kappa shape index (κ2) is 3.59. The molecular weight excluding hydrogens is 182 g/mol. The Bertz CT molecular complexity index is 271. The summed E-state index contributed by atoms with van der Waals surface area (Å²) in [6.45, 7) is 5.89. The van der Waals surface area contributed by atoms with Gasteiger partial charge in [0.15, 0.2) is 0 Å². The third kappa shape index (κ3) is 2.05. The summed E-state index contributed by atoms with van der Waals surface area (Å²) >= 11 is 0. The third-order valence-corrected chi connectivity index (χ3v) is 3.37. The van der Waals surface area contributed by atoms with Crippen molar-refractivity contribution in [2.75, 3.05) is 0 Å². The first-order valence-electron chi connectivity index (χ1n) is 4.79. The Balaban J connectivity index is 2.53. The molecule has 1 fully saturated rings. The maximum atomic E-state index is 10.6. The smallest absolute Gasteiger partial charge is 0.303 e. The maximum absolute atomic E-state index is 10.6. The Labute approximate surface area is 83.6 Å². The topological polar surface area (TPSA) is 69.9 Å². The molecule has 2 N–H and O–H groups in total. The van der Waals surface area contributed by atoms with Gasteiger partial charge in [-0.25, -0.2) is 0 Å². The highest BCUT2D eigenvalue weighted by atomic mass is 16.4. The summed E-state index contributed by atoms with van der Waals surface area (Å²) in [5.74, 6) is -0.185. The van der Waals surface area contributed by atoms with Crippen LogP contribution >= 0.6 is 0 Å². The van der Waals surface area contributed by atoms with Crippen LogP contribution in [0.15, 0.2) is 5.16 Å². The van der Waals surface area contributed by atoms with Gasteiger partial charge in [-0.2, -0.15) is 0 Å². The molecule has 0 aromatic carbocycles. The van der Waals surface area contributed by atoms with E-state index >= 15 is 0 Å². The highest BCUT2D eigenvalue weighted by Gasteiger charge is 2.57. The van der Waals surface area contributed by atoms with Crippen molar-refractivity contribution in [3.8, 4) is 0 Å². The minimum atomic E-state index is -0.746. The Kier molecular flexibility index (Phi) is 2.83. The molecule has 1 rings (SSSR count). The van der Waals surface area contributed by atoms with Gasteiger partial charge in [0.1, 0.15) is 0 Å². The first-order valence-corrected chi connectivity index (χ1v) is 4.79. The number of hydrogen-bond acceptors (Lipinski definition) is 3. The fourth-order valence-corrected chi connectivity index (χ4v) is 2.22. The van der Waals surface area contributed by atoms with Gasteiger partial charge in [0.05, 0.1) is 5.71 Å². The van der Waals surface area contributed by atoms with Crippen LogP contribution < -0.4 is 0 Å². The normalized spacial score (nSPS) is 30.1. The Morgan fingerprint density at radius 2 is 1.86 bits per heavy atom. The van der Waals surface area contributed by atoms with Crippen molar-refractivity contribution >= 4 is 11.7 Å². The fourth-order valence-electron chi connectivity index (χ4n) is 2.22. The largest absolute Gasteiger partial charge is 0.481 e. The summed E-state index contributed by atoms with van der Waals surface area (Å²) in [6.07, 6.45) is 0.915. The van der Waals surface area contributed by atoms with Gasteiger partial charge in [0, 0.05) is 6.42 Å². The average Bonchev–Trinajstić information content (AvgIpc) is 2.55. The average molecular weight is 199 g/mol. The van der Waals surface area contributed by atoms with Crippen molar-refractivity contribution in [3.05, 3.63) is 0 Å². The number of oxime groups is 1. The lowest BCUT2D eigenvalue weighted by atomic mass is 10.1.